The molecule has 0 aliphatic rings. The topological polar surface area (TPSA) is 12.0 Å². The average Bonchev–Trinajstić information content (AvgIpc) is 2.47. The van der Waals surface area contributed by atoms with Crippen LogP contribution in [-0.4, -0.2) is 6.54 Å². The van der Waals surface area contributed by atoms with Crippen LogP contribution in [0.5, 0.6) is 0 Å². The Morgan fingerprint density at radius 2 is 1.76 bits per heavy atom. The van der Waals surface area contributed by atoms with Crippen molar-refractivity contribution < 1.29 is 4.39 Å². The Morgan fingerprint density at radius 3 is 2.48 bits per heavy atom. The third kappa shape index (κ3) is 3.53. The Hall–Kier alpha value is -1.19. The Bertz CT molecular complexity index is 573. The van der Waals surface area contributed by atoms with E-state index in [1.807, 2.05) is 18.2 Å². The van der Waals surface area contributed by atoms with Gasteiger partial charge in [0.05, 0.1) is 10.5 Å². The second-order valence-corrected chi connectivity index (χ2v) is 6.17. The van der Waals surface area contributed by atoms with Gasteiger partial charge in [0.2, 0.25) is 0 Å². The van der Waals surface area contributed by atoms with Crippen molar-refractivity contribution in [2.24, 2.45) is 0 Å². The standard InChI is InChI=1S/C18H21BrFN/c1-4-11-21-18(14-8-5-7-12(2)13(14)3)15-9-6-10-16(19)17(15)20/h5-10,18,21H,4,11H2,1-3H3. The fraction of sp³-hybridized carbons (Fsp3) is 0.333. The molecule has 0 aromatic heterocycles. The van der Waals surface area contributed by atoms with Crippen LogP contribution in [0.1, 0.15) is 41.6 Å². The summed E-state index contributed by atoms with van der Waals surface area (Å²) in [6, 6.07) is 11.6. The molecular weight excluding hydrogens is 329 g/mol. The quantitative estimate of drug-likeness (QED) is 0.772. The highest BCUT2D eigenvalue weighted by atomic mass is 79.9. The smallest absolute Gasteiger partial charge is 0.142 e. The van der Waals surface area contributed by atoms with E-state index < -0.39 is 0 Å². The zero-order valence-electron chi connectivity index (χ0n) is 12.7. The average molecular weight is 350 g/mol. The number of halogens is 2. The number of hydrogen-bond donors (Lipinski definition) is 1. The maximum absolute atomic E-state index is 14.5. The van der Waals surface area contributed by atoms with E-state index in [1.165, 1.54) is 11.1 Å². The summed E-state index contributed by atoms with van der Waals surface area (Å²) >= 11 is 3.29. The lowest BCUT2D eigenvalue weighted by Crippen LogP contribution is -2.25. The third-order valence-electron chi connectivity index (χ3n) is 3.85. The first-order valence-corrected chi connectivity index (χ1v) is 8.09. The Labute approximate surface area is 134 Å². The van der Waals surface area contributed by atoms with E-state index in [9.17, 15) is 4.39 Å². The molecule has 0 aliphatic carbocycles. The number of hydrogen-bond acceptors (Lipinski definition) is 1. The van der Waals surface area contributed by atoms with Gasteiger partial charge in [0.25, 0.3) is 0 Å². The molecule has 0 aliphatic heterocycles. The van der Waals surface area contributed by atoms with Gasteiger partial charge in [-0.25, -0.2) is 4.39 Å². The molecule has 112 valence electrons. The van der Waals surface area contributed by atoms with Crippen LogP contribution in [0.25, 0.3) is 0 Å². The first kappa shape index (κ1) is 16.2. The molecule has 21 heavy (non-hydrogen) atoms. The highest BCUT2D eigenvalue weighted by Crippen LogP contribution is 2.31. The molecule has 2 rings (SSSR count). The van der Waals surface area contributed by atoms with Crippen molar-refractivity contribution in [3.63, 3.8) is 0 Å². The van der Waals surface area contributed by atoms with Crippen LogP contribution < -0.4 is 5.32 Å². The molecular formula is C18H21BrFN. The van der Waals surface area contributed by atoms with E-state index in [0.717, 1.165) is 18.5 Å². The van der Waals surface area contributed by atoms with Crippen LogP contribution in [0, 0.1) is 19.7 Å². The van der Waals surface area contributed by atoms with Gasteiger partial charge in [-0.05, 0) is 65.5 Å². The summed E-state index contributed by atoms with van der Waals surface area (Å²) in [6.07, 6.45) is 1.01. The van der Waals surface area contributed by atoms with Crippen molar-refractivity contribution in [1.82, 2.24) is 5.32 Å². The Kier molecular flexibility index (Phi) is 5.54. The summed E-state index contributed by atoms with van der Waals surface area (Å²) < 4.78 is 15.0. The number of nitrogens with one attached hydrogen (secondary N) is 1. The summed E-state index contributed by atoms with van der Waals surface area (Å²) in [5.74, 6) is -0.188. The van der Waals surface area contributed by atoms with Crippen molar-refractivity contribution in [2.75, 3.05) is 6.54 Å². The summed E-state index contributed by atoms with van der Waals surface area (Å²) in [5, 5.41) is 3.48. The molecule has 0 saturated heterocycles. The second kappa shape index (κ2) is 7.19. The van der Waals surface area contributed by atoms with Gasteiger partial charge in [-0.3, -0.25) is 0 Å². The van der Waals surface area contributed by atoms with Gasteiger partial charge in [0.15, 0.2) is 0 Å². The van der Waals surface area contributed by atoms with Crippen LogP contribution in [0.15, 0.2) is 40.9 Å². The zero-order valence-corrected chi connectivity index (χ0v) is 14.3. The van der Waals surface area contributed by atoms with E-state index in [-0.39, 0.29) is 11.9 Å². The highest BCUT2D eigenvalue weighted by Gasteiger charge is 2.20. The Balaban J connectivity index is 2.52. The molecule has 2 aromatic carbocycles. The van der Waals surface area contributed by atoms with Crippen LogP contribution >= 0.6 is 15.9 Å². The van der Waals surface area contributed by atoms with Gasteiger partial charge >= 0.3 is 0 Å². The molecule has 0 fully saturated rings. The lowest BCUT2D eigenvalue weighted by atomic mass is 9.92. The van der Waals surface area contributed by atoms with Crippen molar-refractivity contribution in [3.05, 3.63) is 68.9 Å². The summed E-state index contributed by atoms with van der Waals surface area (Å²) in [7, 11) is 0. The van der Waals surface area contributed by atoms with Gasteiger partial charge in [-0.15, -0.1) is 0 Å². The van der Waals surface area contributed by atoms with Crippen LogP contribution in [0.4, 0.5) is 4.39 Å². The minimum atomic E-state index is -0.188. The van der Waals surface area contributed by atoms with Gasteiger partial charge in [-0.2, -0.15) is 0 Å². The predicted octanol–water partition coefficient (Wildman–Crippen LogP) is 5.29. The lowest BCUT2D eigenvalue weighted by Gasteiger charge is -2.23. The monoisotopic (exact) mass is 349 g/mol. The molecule has 0 amide bonds. The highest BCUT2D eigenvalue weighted by molar-refractivity contribution is 9.10. The molecule has 1 nitrogen and oxygen atoms in total. The third-order valence-corrected chi connectivity index (χ3v) is 4.46. The molecule has 0 spiro atoms. The minimum Gasteiger partial charge on any atom is -0.306 e. The lowest BCUT2D eigenvalue weighted by molar-refractivity contribution is 0.542. The van der Waals surface area contributed by atoms with Gasteiger partial charge < -0.3 is 5.32 Å². The van der Waals surface area contributed by atoms with E-state index in [2.05, 4.69) is 54.2 Å². The fourth-order valence-electron chi connectivity index (χ4n) is 2.51. The van der Waals surface area contributed by atoms with Crippen molar-refractivity contribution >= 4 is 15.9 Å². The summed E-state index contributed by atoms with van der Waals surface area (Å²) in [5.41, 5.74) is 4.27. The molecule has 0 radical (unpaired) electrons. The SMILES string of the molecule is CCCNC(c1cccc(C)c1C)c1cccc(Br)c1F. The molecule has 1 atom stereocenters. The van der Waals surface area contributed by atoms with E-state index >= 15 is 0 Å². The zero-order chi connectivity index (χ0) is 15.4. The van der Waals surface area contributed by atoms with Gasteiger partial charge in [0, 0.05) is 5.56 Å². The van der Waals surface area contributed by atoms with Gasteiger partial charge in [0.1, 0.15) is 5.82 Å². The van der Waals surface area contributed by atoms with Crippen LogP contribution in [0.2, 0.25) is 0 Å². The number of aryl methyl sites for hydroxylation is 1. The fourth-order valence-corrected chi connectivity index (χ4v) is 2.89. The molecule has 1 unspecified atom stereocenters. The van der Waals surface area contributed by atoms with Crippen LogP contribution in [-0.2, 0) is 0 Å². The molecule has 0 heterocycles. The normalized spacial score (nSPS) is 12.4. The van der Waals surface area contributed by atoms with Crippen molar-refractivity contribution in [2.45, 2.75) is 33.2 Å². The number of rotatable bonds is 5. The van der Waals surface area contributed by atoms with E-state index in [1.54, 1.807) is 6.07 Å². The molecule has 0 bridgehead atoms. The minimum absolute atomic E-state index is 0.123. The summed E-state index contributed by atoms with van der Waals surface area (Å²) in [4.78, 5) is 0. The van der Waals surface area contributed by atoms with Gasteiger partial charge in [-0.1, -0.05) is 37.3 Å². The Morgan fingerprint density at radius 1 is 1.10 bits per heavy atom. The predicted molar refractivity (Wildman–Crippen MR) is 90.2 cm³/mol. The molecule has 1 N–H and O–H groups in total. The second-order valence-electron chi connectivity index (χ2n) is 5.32. The molecule has 0 saturated carbocycles. The summed E-state index contributed by atoms with van der Waals surface area (Å²) in [6.45, 7) is 7.16. The van der Waals surface area contributed by atoms with Crippen molar-refractivity contribution in [3.8, 4) is 0 Å². The van der Waals surface area contributed by atoms with E-state index in [0.29, 0.717) is 10.0 Å². The maximum atomic E-state index is 14.5. The number of benzene rings is 2. The molecule has 2 aromatic rings. The first-order chi connectivity index (χ1) is 10.1. The van der Waals surface area contributed by atoms with E-state index in [4.69, 9.17) is 0 Å². The maximum Gasteiger partial charge on any atom is 0.142 e. The largest absolute Gasteiger partial charge is 0.306 e. The molecule has 3 heteroatoms. The first-order valence-electron chi connectivity index (χ1n) is 7.29. The van der Waals surface area contributed by atoms with Crippen LogP contribution in [0.3, 0.4) is 0 Å². The van der Waals surface area contributed by atoms with Crippen molar-refractivity contribution in [1.29, 1.82) is 0 Å².